The molecule has 1 atom stereocenters. The van der Waals surface area contributed by atoms with Crippen molar-refractivity contribution in [2.45, 2.75) is 58.4 Å². The van der Waals surface area contributed by atoms with Gasteiger partial charge in [0.05, 0.1) is 17.5 Å². The van der Waals surface area contributed by atoms with E-state index in [0.29, 0.717) is 10.4 Å². The molecule has 0 saturated heterocycles. The number of amides is 2. The molecule has 0 radical (unpaired) electrons. The number of benzene rings is 3. The van der Waals surface area contributed by atoms with E-state index in [2.05, 4.69) is 5.32 Å². The number of aryl methyl sites for hydroxylation is 1. The van der Waals surface area contributed by atoms with Gasteiger partial charge >= 0.3 is 6.18 Å². The topological polar surface area (TPSA) is 86.8 Å². The molecule has 0 aliphatic heterocycles. The number of alkyl halides is 3. The number of nitrogens with zero attached hydrogens (tertiary/aromatic N) is 2. The fourth-order valence-electron chi connectivity index (χ4n) is 4.43. The van der Waals surface area contributed by atoms with Crippen molar-refractivity contribution in [1.82, 2.24) is 10.2 Å². The number of rotatable bonds is 10. The smallest absolute Gasteiger partial charge is 0.350 e. The van der Waals surface area contributed by atoms with E-state index in [-0.39, 0.29) is 18.7 Å². The van der Waals surface area contributed by atoms with E-state index < -0.39 is 51.7 Å². The molecule has 0 unspecified atom stereocenters. The Balaban J connectivity index is 2.11. The van der Waals surface area contributed by atoms with Crippen molar-refractivity contribution in [3.8, 4) is 0 Å². The van der Waals surface area contributed by atoms with Crippen LogP contribution in [0.1, 0.15) is 43.0 Å². The summed E-state index contributed by atoms with van der Waals surface area (Å²) in [5, 5.41) is 2.92. The van der Waals surface area contributed by atoms with Crippen LogP contribution in [0, 0.1) is 6.92 Å². The van der Waals surface area contributed by atoms with Gasteiger partial charge in [0.2, 0.25) is 21.8 Å². The molecule has 226 valence electrons. The van der Waals surface area contributed by atoms with Crippen LogP contribution < -0.4 is 9.62 Å². The molecule has 0 fully saturated rings. The molecule has 0 spiro atoms. The first kappa shape index (κ1) is 32.7. The molecule has 0 saturated carbocycles. The van der Waals surface area contributed by atoms with Crippen LogP contribution in [-0.4, -0.2) is 49.5 Å². The zero-order valence-electron chi connectivity index (χ0n) is 24.3. The number of hydrogen-bond acceptors (Lipinski definition) is 4. The second-order valence-electron chi connectivity index (χ2n) is 11.2. The molecule has 0 aromatic heterocycles. The lowest BCUT2D eigenvalue weighted by Gasteiger charge is -2.35. The zero-order chi connectivity index (χ0) is 31.3. The Hall–Kier alpha value is -3.86. The second-order valence-corrected chi connectivity index (χ2v) is 13.1. The van der Waals surface area contributed by atoms with Crippen molar-refractivity contribution < 1.29 is 31.2 Å². The Morgan fingerprint density at radius 2 is 1.52 bits per heavy atom. The number of carbonyl (C=O) groups excluding carboxylic acids is 2. The summed E-state index contributed by atoms with van der Waals surface area (Å²) in [5.41, 5.74) is 0.354. The summed E-state index contributed by atoms with van der Waals surface area (Å²) >= 11 is 0. The molecule has 0 aliphatic rings. The van der Waals surface area contributed by atoms with Gasteiger partial charge < -0.3 is 10.2 Å². The Bertz CT molecular complexity index is 1500. The number of hydrogen-bond donors (Lipinski definition) is 1. The molecule has 11 heteroatoms. The monoisotopic (exact) mass is 603 g/mol. The Labute approximate surface area is 245 Å². The second kappa shape index (κ2) is 13.0. The molecule has 3 rings (SSSR count). The van der Waals surface area contributed by atoms with Gasteiger partial charge in [0.1, 0.15) is 12.6 Å². The third kappa shape index (κ3) is 9.07. The quantitative estimate of drug-likeness (QED) is 0.339. The van der Waals surface area contributed by atoms with E-state index in [1.807, 2.05) is 37.3 Å². The van der Waals surface area contributed by atoms with Gasteiger partial charge in [0.15, 0.2) is 0 Å². The number of sulfonamides is 1. The summed E-state index contributed by atoms with van der Waals surface area (Å²) in [7, 11) is -4.21. The molecule has 7 nitrogen and oxygen atoms in total. The first-order chi connectivity index (χ1) is 19.5. The SMILES string of the molecule is Cc1ccccc1CN(C(=O)CN(c1cccc(C(F)(F)F)c1)S(C)(=O)=O)[C@@H](Cc1ccccc1)C(=O)NC(C)(C)C. The number of nitrogens with one attached hydrogen (secondary N) is 1. The molecular weight excluding hydrogens is 567 g/mol. The van der Waals surface area contributed by atoms with Crippen LogP contribution in [0.25, 0.3) is 0 Å². The van der Waals surface area contributed by atoms with Crippen molar-refractivity contribution >= 4 is 27.5 Å². The van der Waals surface area contributed by atoms with Gasteiger partial charge in [-0.05, 0) is 62.6 Å². The maximum Gasteiger partial charge on any atom is 0.416 e. The van der Waals surface area contributed by atoms with Crippen molar-refractivity contribution in [3.05, 3.63) is 101 Å². The lowest BCUT2D eigenvalue weighted by molar-refractivity contribution is -0.140. The Morgan fingerprint density at radius 3 is 2.10 bits per heavy atom. The van der Waals surface area contributed by atoms with E-state index in [1.165, 1.54) is 11.0 Å². The first-order valence-corrected chi connectivity index (χ1v) is 15.2. The summed E-state index contributed by atoms with van der Waals surface area (Å²) in [6.45, 7) is 6.43. The van der Waals surface area contributed by atoms with Crippen molar-refractivity contribution in [3.63, 3.8) is 0 Å². The average molecular weight is 604 g/mol. The predicted octanol–water partition coefficient (Wildman–Crippen LogP) is 5.33. The maximum absolute atomic E-state index is 14.1. The predicted molar refractivity (Wildman–Crippen MR) is 157 cm³/mol. The van der Waals surface area contributed by atoms with E-state index in [9.17, 15) is 31.2 Å². The van der Waals surface area contributed by atoms with Gasteiger partial charge in [0, 0.05) is 18.5 Å². The van der Waals surface area contributed by atoms with Crippen molar-refractivity contribution in [2.24, 2.45) is 0 Å². The van der Waals surface area contributed by atoms with E-state index >= 15 is 0 Å². The molecular formula is C31H36F3N3O4S. The minimum Gasteiger partial charge on any atom is -0.350 e. The van der Waals surface area contributed by atoms with Gasteiger partial charge in [0.25, 0.3) is 0 Å². The van der Waals surface area contributed by atoms with E-state index in [0.717, 1.165) is 35.1 Å². The molecule has 0 heterocycles. The Kier molecular flexibility index (Phi) is 10.1. The number of anilines is 1. The van der Waals surface area contributed by atoms with Gasteiger partial charge in [-0.2, -0.15) is 13.2 Å². The highest BCUT2D eigenvalue weighted by molar-refractivity contribution is 7.92. The molecule has 0 bridgehead atoms. The van der Waals surface area contributed by atoms with E-state index in [4.69, 9.17) is 0 Å². The van der Waals surface area contributed by atoms with Crippen LogP contribution in [0.5, 0.6) is 0 Å². The third-order valence-corrected chi connectivity index (χ3v) is 7.65. The lowest BCUT2D eigenvalue weighted by atomic mass is 10.00. The first-order valence-electron chi connectivity index (χ1n) is 13.3. The summed E-state index contributed by atoms with van der Waals surface area (Å²) in [6.07, 6.45) is -3.77. The molecule has 3 aromatic rings. The van der Waals surface area contributed by atoms with Crippen molar-refractivity contribution in [1.29, 1.82) is 0 Å². The Morgan fingerprint density at radius 1 is 0.905 bits per heavy atom. The molecule has 3 aromatic carbocycles. The average Bonchev–Trinajstić information content (AvgIpc) is 2.88. The van der Waals surface area contributed by atoms with Crippen molar-refractivity contribution in [2.75, 3.05) is 17.1 Å². The van der Waals surface area contributed by atoms with Gasteiger partial charge in [-0.25, -0.2) is 8.42 Å². The lowest BCUT2D eigenvalue weighted by Crippen LogP contribution is -2.56. The standard InChI is InChI=1S/C31H36F3N3O4S/c1-22-12-9-10-15-24(22)20-36(27(29(39)35-30(2,3)4)18-23-13-7-6-8-14-23)28(38)21-37(42(5,40)41)26-17-11-16-25(19-26)31(32,33)34/h6-17,19,27H,18,20-21H2,1-5H3,(H,35,39)/t27-/m0/s1. The summed E-state index contributed by atoms with van der Waals surface area (Å²) in [5.74, 6) is -1.19. The molecule has 1 N–H and O–H groups in total. The molecule has 0 aliphatic carbocycles. The maximum atomic E-state index is 14.1. The third-order valence-electron chi connectivity index (χ3n) is 6.51. The normalized spacial score (nSPS) is 12.9. The minimum absolute atomic E-state index is 0.0270. The molecule has 42 heavy (non-hydrogen) atoms. The van der Waals surface area contributed by atoms with Crippen LogP contribution in [0.3, 0.4) is 0 Å². The molecule has 2 amide bonds. The summed E-state index contributed by atoms with van der Waals surface area (Å²) < 4.78 is 66.7. The highest BCUT2D eigenvalue weighted by Crippen LogP contribution is 2.32. The van der Waals surface area contributed by atoms with Crippen LogP contribution in [0.2, 0.25) is 0 Å². The van der Waals surface area contributed by atoms with Crippen LogP contribution in [-0.2, 0) is 38.8 Å². The van der Waals surface area contributed by atoms with Crippen LogP contribution in [0.15, 0.2) is 78.9 Å². The summed E-state index contributed by atoms with van der Waals surface area (Å²) in [4.78, 5) is 29.1. The highest BCUT2D eigenvalue weighted by Gasteiger charge is 2.36. The summed E-state index contributed by atoms with van der Waals surface area (Å²) in [6, 6.07) is 19.1. The van der Waals surface area contributed by atoms with Crippen LogP contribution >= 0.6 is 0 Å². The highest BCUT2D eigenvalue weighted by atomic mass is 32.2. The van der Waals surface area contributed by atoms with E-state index in [1.54, 1.807) is 45.0 Å². The number of halogens is 3. The largest absolute Gasteiger partial charge is 0.416 e. The zero-order valence-corrected chi connectivity index (χ0v) is 25.1. The van der Waals surface area contributed by atoms with Gasteiger partial charge in [-0.1, -0.05) is 60.7 Å². The minimum atomic E-state index is -4.72. The van der Waals surface area contributed by atoms with Gasteiger partial charge in [-0.15, -0.1) is 0 Å². The van der Waals surface area contributed by atoms with Gasteiger partial charge in [-0.3, -0.25) is 13.9 Å². The fraction of sp³-hybridized carbons (Fsp3) is 0.355. The number of carbonyl (C=O) groups is 2. The fourth-order valence-corrected chi connectivity index (χ4v) is 5.27. The van der Waals surface area contributed by atoms with Crippen LogP contribution in [0.4, 0.5) is 18.9 Å².